The molecule has 0 radical (unpaired) electrons. The molecule has 64 valence electrons. The molecule has 0 heterocycles. The molecular weight excluding hydrogens is 187 g/mol. The van der Waals surface area contributed by atoms with E-state index in [1.165, 1.54) is 0 Å². The lowest BCUT2D eigenvalue weighted by atomic mass is 10.6. The van der Waals surface area contributed by atoms with Crippen molar-refractivity contribution in [1.82, 2.24) is 0 Å². The van der Waals surface area contributed by atoms with Crippen LogP contribution in [-0.2, 0) is 8.68 Å². The zero-order valence-corrected chi connectivity index (χ0v) is 11.5. The van der Waals surface area contributed by atoms with E-state index in [1.54, 1.807) is 6.92 Å². The summed E-state index contributed by atoms with van der Waals surface area (Å²) >= 11 is 0. The largest absolute Gasteiger partial charge is 0.471 e. The Morgan fingerprint density at radius 2 is 1.80 bits per heavy atom. The van der Waals surface area contributed by atoms with Crippen molar-refractivity contribution in [2.24, 2.45) is 0 Å². The molecule has 0 fully saturated rings. The van der Waals surface area contributed by atoms with Gasteiger partial charge >= 0.3 is 7.60 Å². The first-order chi connectivity index (χ1) is 4.47. The summed E-state index contributed by atoms with van der Waals surface area (Å²) in [6, 6.07) is 0. The van der Waals surface area contributed by atoms with Crippen LogP contribution in [0.5, 0.6) is 0 Å². The molecule has 0 bridgehead atoms. The molecule has 0 aromatic carbocycles. The maximum absolute atomic E-state index is 9.93. The molecular formula is C3H15O4PSi2. The van der Waals surface area contributed by atoms with E-state index in [0.717, 1.165) is 21.0 Å². The normalized spacial score (nSPS) is 10.7. The fraction of sp³-hybridized carbons (Fsp3) is 1.00. The second-order valence-electron chi connectivity index (χ2n) is 1.80. The van der Waals surface area contributed by atoms with Crippen molar-refractivity contribution in [3.8, 4) is 0 Å². The van der Waals surface area contributed by atoms with Gasteiger partial charge in [0.1, 0.15) is 21.0 Å². The molecule has 10 heavy (non-hydrogen) atoms. The summed E-state index contributed by atoms with van der Waals surface area (Å²) < 4.78 is 14.5. The minimum absolute atomic E-state index is 0.00694. The summed E-state index contributed by atoms with van der Waals surface area (Å²) in [7, 11) is -1.80. The van der Waals surface area contributed by atoms with E-state index in [-0.39, 0.29) is 6.16 Å². The third-order valence-electron chi connectivity index (χ3n) is 0.515. The fourth-order valence-electron chi connectivity index (χ4n) is 0.291. The van der Waals surface area contributed by atoms with Crippen LogP contribution < -0.4 is 0 Å². The van der Waals surface area contributed by atoms with Gasteiger partial charge in [-0.05, 0) is 6.42 Å². The van der Waals surface area contributed by atoms with E-state index in [0.29, 0.717) is 6.42 Å². The van der Waals surface area contributed by atoms with Gasteiger partial charge in [-0.2, -0.15) is 0 Å². The summed E-state index contributed by atoms with van der Waals surface area (Å²) in [5.74, 6) is 0. The van der Waals surface area contributed by atoms with Crippen LogP contribution in [-0.4, -0.2) is 36.9 Å². The van der Waals surface area contributed by atoms with Gasteiger partial charge in [-0.25, -0.2) is 0 Å². The van der Waals surface area contributed by atoms with Crippen molar-refractivity contribution < 1.29 is 18.5 Å². The van der Waals surface area contributed by atoms with Gasteiger partial charge in [-0.3, -0.25) is 4.57 Å². The Kier molecular flexibility index (Phi) is 10.1. The molecule has 0 aromatic rings. The SMILES string of the molecule is CCCP(=O)(O)O.[SiH3]O[SiH3]. The first-order valence-electron chi connectivity index (χ1n) is 2.92. The van der Waals surface area contributed by atoms with Crippen LogP contribution in [0.2, 0.25) is 0 Å². The molecule has 0 aliphatic carbocycles. The van der Waals surface area contributed by atoms with Gasteiger partial charge in [0.25, 0.3) is 0 Å². The predicted molar refractivity (Wildman–Crippen MR) is 48.2 cm³/mol. The molecule has 2 N–H and O–H groups in total. The fourth-order valence-corrected chi connectivity index (χ4v) is 0.874. The lowest BCUT2D eigenvalue weighted by molar-refractivity contribution is 0.372. The highest BCUT2D eigenvalue weighted by Gasteiger charge is 2.08. The molecule has 0 saturated heterocycles. The van der Waals surface area contributed by atoms with Crippen molar-refractivity contribution in [1.29, 1.82) is 0 Å². The molecule has 4 nitrogen and oxygen atoms in total. The molecule has 0 amide bonds. The third kappa shape index (κ3) is 23.6. The second kappa shape index (κ2) is 7.65. The van der Waals surface area contributed by atoms with E-state index in [9.17, 15) is 4.57 Å². The van der Waals surface area contributed by atoms with Gasteiger partial charge in [0.05, 0.1) is 0 Å². The first-order valence-corrected chi connectivity index (χ1v) is 6.35. The lowest BCUT2D eigenvalue weighted by Crippen LogP contribution is -1.82. The minimum Gasteiger partial charge on any atom is -0.471 e. The van der Waals surface area contributed by atoms with Crippen LogP contribution in [0.4, 0.5) is 0 Å². The zero-order chi connectivity index (χ0) is 8.62. The zero-order valence-electron chi connectivity index (χ0n) is 6.57. The van der Waals surface area contributed by atoms with E-state index in [1.807, 2.05) is 0 Å². The van der Waals surface area contributed by atoms with E-state index in [2.05, 4.69) is 4.12 Å². The summed E-state index contributed by atoms with van der Waals surface area (Å²) in [5, 5.41) is 0. The smallest absolute Gasteiger partial charge is 0.325 e. The van der Waals surface area contributed by atoms with E-state index < -0.39 is 7.60 Å². The summed E-state index contributed by atoms with van der Waals surface area (Å²) in [6.07, 6.45) is 0.553. The molecule has 0 spiro atoms. The Hall–Kier alpha value is 0.544. The molecule has 0 atom stereocenters. The highest BCUT2D eigenvalue weighted by Crippen LogP contribution is 2.34. The van der Waals surface area contributed by atoms with Gasteiger partial charge in [-0.15, -0.1) is 0 Å². The number of hydrogen-bond donors (Lipinski definition) is 2. The topological polar surface area (TPSA) is 66.8 Å². The highest BCUT2D eigenvalue weighted by atomic mass is 31.2. The summed E-state index contributed by atoms with van der Waals surface area (Å²) in [5.41, 5.74) is 0. The highest BCUT2D eigenvalue weighted by molar-refractivity contribution is 7.51. The Morgan fingerprint density at radius 1 is 1.50 bits per heavy atom. The van der Waals surface area contributed by atoms with Crippen LogP contribution >= 0.6 is 7.60 Å². The van der Waals surface area contributed by atoms with Crippen LogP contribution in [0.15, 0.2) is 0 Å². The maximum atomic E-state index is 9.93. The molecule has 0 rings (SSSR count). The summed E-state index contributed by atoms with van der Waals surface area (Å²) in [6.45, 7) is 1.74. The Labute approximate surface area is 67.2 Å². The van der Waals surface area contributed by atoms with E-state index in [4.69, 9.17) is 9.79 Å². The molecule has 0 saturated carbocycles. The molecule has 0 aromatic heterocycles. The quantitative estimate of drug-likeness (QED) is 0.407. The number of hydrogen-bond acceptors (Lipinski definition) is 2. The first kappa shape index (κ1) is 13.2. The van der Waals surface area contributed by atoms with Gasteiger partial charge < -0.3 is 13.9 Å². The van der Waals surface area contributed by atoms with Crippen molar-refractivity contribution in [3.63, 3.8) is 0 Å². The average Bonchev–Trinajstić information content (AvgIpc) is 1.63. The Bertz CT molecular complexity index is 103. The molecule has 0 aliphatic heterocycles. The number of rotatable bonds is 2. The standard InChI is InChI=1S/C3H9O3P.H6OSi2/c1-2-3-7(4,5)6;2-1-3/h2-3H2,1H3,(H2,4,5,6);2-3H3. The molecule has 0 aliphatic rings. The Morgan fingerprint density at radius 3 is 1.80 bits per heavy atom. The van der Waals surface area contributed by atoms with Crippen molar-refractivity contribution in [2.75, 3.05) is 6.16 Å². The average molecular weight is 202 g/mol. The third-order valence-corrected chi connectivity index (χ3v) is 1.54. The van der Waals surface area contributed by atoms with Gasteiger partial charge in [0, 0.05) is 6.16 Å². The van der Waals surface area contributed by atoms with Crippen LogP contribution in [0.3, 0.4) is 0 Å². The van der Waals surface area contributed by atoms with Gasteiger partial charge in [0.15, 0.2) is 0 Å². The van der Waals surface area contributed by atoms with Gasteiger partial charge in [-0.1, -0.05) is 6.92 Å². The molecule has 7 heteroatoms. The van der Waals surface area contributed by atoms with Crippen LogP contribution in [0.25, 0.3) is 0 Å². The maximum Gasteiger partial charge on any atom is 0.325 e. The van der Waals surface area contributed by atoms with Gasteiger partial charge in [0.2, 0.25) is 0 Å². The Balaban J connectivity index is 0. The van der Waals surface area contributed by atoms with Crippen molar-refractivity contribution >= 4 is 28.6 Å². The monoisotopic (exact) mass is 202 g/mol. The lowest BCUT2D eigenvalue weighted by Gasteiger charge is -1.96. The van der Waals surface area contributed by atoms with Crippen LogP contribution in [0, 0.1) is 0 Å². The van der Waals surface area contributed by atoms with Crippen LogP contribution in [0.1, 0.15) is 13.3 Å². The summed E-state index contributed by atoms with van der Waals surface area (Å²) in [4.78, 5) is 16.3. The van der Waals surface area contributed by atoms with E-state index >= 15 is 0 Å². The second-order valence-corrected chi connectivity index (χ2v) is 6.84. The predicted octanol–water partition coefficient (Wildman–Crippen LogP) is -1.86. The van der Waals surface area contributed by atoms with Crippen molar-refractivity contribution in [2.45, 2.75) is 13.3 Å². The molecule has 0 unspecified atom stereocenters. The van der Waals surface area contributed by atoms with Crippen molar-refractivity contribution in [3.05, 3.63) is 0 Å². The minimum atomic E-state index is -3.67.